The molecule has 1 heterocycles. The average Bonchev–Trinajstić information content (AvgIpc) is 2.44. The van der Waals surface area contributed by atoms with Crippen molar-refractivity contribution in [1.29, 1.82) is 0 Å². The lowest BCUT2D eigenvalue weighted by atomic mass is 9.83. The molecule has 1 aromatic rings. The molecule has 1 aliphatic rings. The molecule has 0 saturated carbocycles. The maximum atomic E-state index is 12.2. The Morgan fingerprint density at radius 1 is 1.21 bits per heavy atom. The van der Waals surface area contributed by atoms with E-state index in [0.29, 0.717) is 6.42 Å². The van der Waals surface area contributed by atoms with E-state index in [4.69, 9.17) is 0 Å². The van der Waals surface area contributed by atoms with E-state index in [1.165, 1.54) is 12.5 Å². The molecule has 0 aromatic heterocycles. The third-order valence-electron chi connectivity index (χ3n) is 4.68. The number of aliphatic hydroxyl groups is 1. The van der Waals surface area contributed by atoms with Gasteiger partial charge in [0, 0.05) is 6.54 Å². The lowest BCUT2D eigenvalue weighted by Crippen LogP contribution is -2.63. The van der Waals surface area contributed by atoms with Gasteiger partial charge in [0.1, 0.15) is 0 Å². The zero-order valence-electron chi connectivity index (χ0n) is 15.5. The molecule has 0 radical (unpaired) electrons. The summed E-state index contributed by atoms with van der Waals surface area (Å²) >= 11 is 0. The van der Waals surface area contributed by atoms with Gasteiger partial charge in [-0.3, -0.25) is 9.69 Å². The van der Waals surface area contributed by atoms with Crippen LogP contribution in [0.3, 0.4) is 0 Å². The number of rotatable bonds is 3. The zero-order chi connectivity index (χ0) is 18.3. The number of amides is 3. The third-order valence-corrected chi connectivity index (χ3v) is 4.68. The van der Waals surface area contributed by atoms with Crippen molar-refractivity contribution in [3.63, 3.8) is 0 Å². The number of aryl methyl sites for hydroxylation is 2. The molecule has 1 unspecified atom stereocenters. The second-order valence-corrected chi connectivity index (χ2v) is 7.98. The predicted octanol–water partition coefficient (Wildman–Crippen LogP) is 2.45. The van der Waals surface area contributed by atoms with E-state index >= 15 is 0 Å². The first-order valence-corrected chi connectivity index (χ1v) is 8.36. The number of carbonyl (C=O) groups is 2. The number of imide groups is 1. The first-order valence-electron chi connectivity index (χ1n) is 8.36. The van der Waals surface area contributed by atoms with Gasteiger partial charge in [0.2, 0.25) is 0 Å². The summed E-state index contributed by atoms with van der Waals surface area (Å²) in [5, 5.41) is 12.6. The minimum absolute atomic E-state index is 0.0422. The average molecular weight is 332 g/mol. The first-order chi connectivity index (χ1) is 10.9. The minimum Gasteiger partial charge on any atom is -0.378 e. The van der Waals surface area contributed by atoms with E-state index in [0.717, 1.165) is 21.6 Å². The summed E-state index contributed by atoms with van der Waals surface area (Å²) in [5.41, 5.74) is 3.29. The van der Waals surface area contributed by atoms with E-state index < -0.39 is 17.5 Å². The van der Waals surface area contributed by atoms with Gasteiger partial charge in [-0.15, -0.1) is 0 Å². The molecule has 0 spiro atoms. The van der Waals surface area contributed by atoms with Gasteiger partial charge in [-0.1, -0.05) is 32.9 Å². The number of nitrogens with zero attached hydrogens (tertiary/aromatic N) is 1. The summed E-state index contributed by atoms with van der Waals surface area (Å²) in [6.07, 6.45) is 0.581. The molecule has 3 amide bonds. The molecule has 1 aromatic carbocycles. The number of β-amino-alcohol motifs (C(OH)–C–C–N with tert-alkyl or cyclic N) is 1. The highest BCUT2D eigenvalue weighted by atomic mass is 16.3. The Balaban J connectivity index is 2.20. The van der Waals surface area contributed by atoms with Gasteiger partial charge in [-0.25, -0.2) is 4.79 Å². The fourth-order valence-corrected chi connectivity index (χ4v) is 3.05. The Hall–Kier alpha value is -1.88. The van der Waals surface area contributed by atoms with Gasteiger partial charge in [0.05, 0.1) is 6.54 Å². The SMILES string of the molecule is Cc1cc(C(C)(C)C)cc(C)c1CCN1C(=O)NCC(C)(O)C1=O. The Morgan fingerprint density at radius 3 is 2.25 bits per heavy atom. The van der Waals surface area contributed by atoms with E-state index in [-0.39, 0.29) is 18.5 Å². The van der Waals surface area contributed by atoms with Crippen molar-refractivity contribution in [3.05, 3.63) is 34.4 Å². The third kappa shape index (κ3) is 3.61. The van der Waals surface area contributed by atoms with Crippen LogP contribution < -0.4 is 5.32 Å². The standard InChI is InChI=1S/C19H28N2O3/c1-12-9-14(18(3,4)5)10-13(2)15(12)7-8-21-16(22)19(6,24)11-20-17(21)23/h9-10,24H,7-8,11H2,1-6H3,(H,20,23). The molecule has 2 rings (SSSR count). The molecule has 24 heavy (non-hydrogen) atoms. The van der Waals surface area contributed by atoms with Crippen LogP contribution in [0.5, 0.6) is 0 Å². The van der Waals surface area contributed by atoms with Crippen molar-refractivity contribution in [1.82, 2.24) is 10.2 Å². The Morgan fingerprint density at radius 2 is 1.75 bits per heavy atom. The second kappa shape index (κ2) is 6.20. The molecule has 2 N–H and O–H groups in total. The lowest BCUT2D eigenvalue weighted by molar-refractivity contribution is -0.148. The fourth-order valence-electron chi connectivity index (χ4n) is 3.05. The largest absolute Gasteiger partial charge is 0.378 e. The molecule has 0 bridgehead atoms. The van der Waals surface area contributed by atoms with Crippen molar-refractivity contribution >= 4 is 11.9 Å². The van der Waals surface area contributed by atoms with Crippen LogP contribution in [-0.4, -0.2) is 40.6 Å². The van der Waals surface area contributed by atoms with Gasteiger partial charge in [0.25, 0.3) is 5.91 Å². The quantitative estimate of drug-likeness (QED) is 0.893. The summed E-state index contributed by atoms with van der Waals surface area (Å²) in [7, 11) is 0. The van der Waals surface area contributed by atoms with Gasteiger partial charge in [0.15, 0.2) is 5.60 Å². The topological polar surface area (TPSA) is 69.6 Å². The van der Waals surface area contributed by atoms with Gasteiger partial charge < -0.3 is 10.4 Å². The molecule has 0 aliphatic carbocycles. The maximum absolute atomic E-state index is 12.2. The smallest absolute Gasteiger partial charge is 0.324 e. The van der Waals surface area contributed by atoms with Crippen molar-refractivity contribution in [2.45, 2.75) is 59.0 Å². The lowest BCUT2D eigenvalue weighted by Gasteiger charge is -2.35. The first kappa shape index (κ1) is 18.5. The number of hydrogen-bond acceptors (Lipinski definition) is 3. The summed E-state index contributed by atoms with van der Waals surface area (Å²) in [5.74, 6) is -0.534. The summed E-state index contributed by atoms with van der Waals surface area (Å²) < 4.78 is 0. The Bertz CT molecular complexity index is 649. The highest BCUT2D eigenvalue weighted by Crippen LogP contribution is 2.27. The summed E-state index contributed by atoms with van der Waals surface area (Å²) in [4.78, 5) is 25.3. The number of nitrogens with one attached hydrogen (secondary N) is 1. The van der Waals surface area contributed by atoms with Gasteiger partial charge in [-0.2, -0.15) is 0 Å². The van der Waals surface area contributed by atoms with Crippen LogP contribution in [0.15, 0.2) is 12.1 Å². The molecule has 1 fully saturated rings. The highest BCUT2D eigenvalue weighted by Gasteiger charge is 2.41. The predicted molar refractivity (Wildman–Crippen MR) is 94.1 cm³/mol. The van der Waals surface area contributed by atoms with E-state index in [1.807, 2.05) is 0 Å². The number of urea groups is 1. The van der Waals surface area contributed by atoms with Gasteiger partial charge >= 0.3 is 6.03 Å². The molecule has 5 nitrogen and oxygen atoms in total. The molecule has 132 valence electrons. The van der Waals surface area contributed by atoms with Crippen molar-refractivity contribution in [3.8, 4) is 0 Å². The Labute approximate surface area is 144 Å². The van der Waals surface area contributed by atoms with Crippen LogP contribution in [0.4, 0.5) is 4.79 Å². The van der Waals surface area contributed by atoms with E-state index in [9.17, 15) is 14.7 Å². The number of benzene rings is 1. The van der Waals surface area contributed by atoms with E-state index in [1.54, 1.807) is 0 Å². The van der Waals surface area contributed by atoms with Crippen LogP contribution in [-0.2, 0) is 16.6 Å². The second-order valence-electron chi connectivity index (χ2n) is 7.98. The molecule has 1 atom stereocenters. The number of hydrogen-bond donors (Lipinski definition) is 2. The number of carbonyl (C=O) groups excluding carboxylic acids is 2. The minimum atomic E-state index is -1.53. The molecule has 1 aliphatic heterocycles. The van der Waals surface area contributed by atoms with Crippen LogP contribution in [0, 0.1) is 13.8 Å². The zero-order valence-corrected chi connectivity index (χ0v) is 15.5. The van der Waals surface area contributed by atoms with Crippen LogP contribution >= 0.6 is 0 Å². The van der Waals surface area contributed by atoms with Crippen molar-refractivity contribution in [2.24, 2.45) is 0 Å². The van der Waals surface area contributed by atoms with Crippen LogP contribution in [0.1, 0.15) is 49.9 Å². The Kier molecular flexibility index (Phi) is 4.77. The van der Waals surface area contributed by atoms with Crippen LogP contribution in [0.25, 0.3) is 0 Å². The maximum Gasteiger partial charge on any atom is 0.324 e. The highest BCUT2D eigenvalue weighted by molar-refractivity contribution is 6.01. The normalized spacial score (nSPS) is 21.9. The van der Waals surface area contributed by atoms with Crippen LogP contribution in [0.2, 0.25) is 0 Å². The van der Waals surface area contributed by atoms with Crippen molar-refractivity contribution in [2.75, 3.05) is 13.1 Å². The summed E-state index contributed by atoms with van der Waals surface area (Å²) in [6, 6.07) is 3.92. The molecular weight excluding hydrogens is 304 g/mol. The van der Waals surface area contributed by atoms with E-state index in [2.05, 4.69) is 52.1 Å². The summed E-state index contributed by atoms with van der Waals surface area (Å²) in [6.45, 7) is 12.3. The molecular formula is C19H28N2O3. The monoisotopic (exact) mass is 332 g/mol. The fraction of sp³-hybridized carbons (Fsp3) is 0.579. The van der Waals surface area contributed by atoms with Crippen molar-refractivity contribution < 1.29 is 14.7 Å². The van der Waals surface area contributed by atoms with Gasteiger partial charge in [-0.05, 0) is 54.9 Å². The molecule has 1 saturated heterocycles. The molecule has 5 heteroatoms.